The molecule has 1 aromatic rings. The summed E-state index contributed by atoms with van der Waals surface area (Å²) in [5.41, 5.74) is 0.661. The van der Waals surface area contributed by atoms with E-state index in [1.165, 1.54) is 0 Å². The number of halogens is 2. The molecule has 16 heavy (non-hydrogen) atoms. The van der Waals surface area contributed by atoms with E-state index >= 15 is 0 Å². The van der Waals surface area contributed by atoms with Crippen LogP contribution < -0.4 is 5.32 Å². The molecule has 1 aromatic carbocycles. The van der Waals surface area contributed by atoms with Crippen molar-refractivity contribution in [3.63, 3.8) is 0 Å². The second-order valence-corrected chi connectivity index (χ2v) is 6.16. The molecule has 2 bridgehead atoms. The van der Waals surface area contributed by atoms with Crippen molar-refractivity contribution in [1.29, 1.82) is 0 Å². The Morgan fingerprint density at radius 3 is 2.69 bits per heavy atom. The van der Waals surface area contributed by atoms with E-state index in [2.05, 4.69) is 21.2 Å². The number of rotatable bonds is 2. The summed E-state index contributed by atoms with van der Waals surface area (Å²) in [4.78, 5) is 12.0. The fraction of sp³-hybridized carbons (Fsp3) is 0.417. The molecule has 0 unspecified atom stereocenters. The quantitative estimate of drug-likeness (QED) is 0.891. The Kier molecular flexibility index (Phi) is 2.30. The second-order valence-electron chi connectivity index (χ2n) is 4.84. The third kappa shape index (κ3) is 1.57. The molecule has 0 heterocycles. The minimum atomic E-state index is -0.0514. The number of nitrogens with one attached hydrogen (secondary N) is 1. The first-order chi connectivity index (χ1) is 7.58. The zero-order valence-electron chi connectivity index (χ0n) is 8.59. The third-order valence-corrected chi connectivity index (χ3v) is 4.41. The molecule has 1 N–H and O–H groups in total. The first-order valence-corrected chi connectivity index (χ1v) is 6.53. The van der Waals surface area contributed by atoms with E-state index in [0.29, 0.717) is 10.6 Å². The lowest BCUT2D eigenvalue weighted by molar-refractivity contribution is -0.0438. The van der Waals surface area contributed by atoms with E-state index in [0.717, 1.165) is 29.7 Å². The molecule has 1 amide bonds. The van der Waals surface area contributed by atoms with Crippen LogP contribution in [0.2, 0.25) is 5.02 Å². The van der Waals surface area contributed by atoms with Gasteiger partial charge in [0.1, 0.15) is 0 Å². The zero-order chi connectivity index (χ0) is 11.3. The van der Waals surface area contributed by atoms with Crippen LogP contribution in [-0.4, -0.2) is 11.4 Å². The molecule has 3 saturated carbocycles. The van der Waals surface area contributed by atoms with E-state index in [1.54, 1.807) is 12.1 Å². The van der Waals surface area contributed by atoms with Crippen LogP contribution >= 0.6 is 27.5 Å². The van der Waals surface area contributed by atoms with Crippen LogP contribution in [-0.2, 0) is 0 Å². The van der Waals surface area contributed by atoms with E-state index in [9.17, 15) is 4.79 Å². The maximum absolute atomic E-state index is 12.0. The van der Waals surface area contributed by atoms with Crippen molar-refractivity contribution in [1.82, 2.24) is 5.32 Å². The number of hydrogen-bond acceptors (Lipinski definition) is 1. The molecule has 2 nitrogen and oxygen atoms in total. The van der Waals surface area contributed by atoms with Gasteiger partial charge in [0.15, 0.2) is 0 Å². The molecule has 3 fully saturated rings. The summed E-state index contributed by atoms with van der Waals surface area (Å²) >= 11 is 9.36. The molecule has 0 spiro atoms. The topological polar surface area (TPSA) is 29.1 Å². The highest BCUT2D eigenvalue weighted by Gasteiger charge is 2.57. The summed E-state index contributed by atoms with van der Waals surface area (Å²) in [7, 11) is 0. The lowest BCUT2D eigenvalue weighted by Gasteiger charge is -2.61. The van der Waals surface area contributed by atoms with Crippen molar-refractivity contribution in [2.75, 3.05) is 0 Å². The van der Waals surface area contributed by atoms with Gasteiger partial charge in [-0.15, -0.1) is 0 Å². The minimum absolute atomic E-state index is 0.0514. The van der Waals surface area contributed by atoms with Gasteiger partial charge < -0.3 is 5.32 Å². The summed E-state index contributed by atoms with van der Waals surface area (Å²) in [5.74, 6) is 0.808. The monoisotopic (exact) mass is 299 g/mol. The predicted octanol–water partition coefficient (Wildman–Crippen LogP) is 3.38. The highest BCUT2D eigenvalue weighted by Crippen LogP contribution is 2.57. The fourth-order valence-corrected chi connectivity index (χ4v) is 3.18. The van der Waals surface area contributed by atoms with Gasteiger partial charge in [-0.25, -0.2) is 0 Å². The second kappa shape index (κ2) is 3.47. The van der Waals surface area contributed by atoms with Gasteiger partial charge in [-0.2, -0.15) is 0 Å². The highest BCUT2D eigenvalue weighted by atomic mass is 79.9. The standard InChI is InChI=1S/C12H11BrClNO/c13-8-1-2-10(14)9(3-8)11(16)15-12-4-7(5-12)6-12/h1-3,7H,4-6H2,(H,15,16). The molecule has 0 radical (unpaired) electrons. The Morgan fingerprint density at radius 1 is 1.44 bits per heavy atom. The van der Waals surface area contributed by atoms with Gasteiger partial charge in [-0.05, 0) is 43.4 Å². The van der Waals surface area contributed by atoms with Gasteiger partial charge in [0.05, 0.1) is 10.6 Å². The summed E-state index contributed by atoms with van der Waals surface area (Å²) in [6, 6.07) is 5.34. The molecule has 4 rings (SSSR count). The molecule has 84 valence electrons. The molecule has 0 atom stereocenters. The first kappa shape index (κ1) is 10.6. The first-order valence-electron chi connectivity index (χ1n) is 5.36. The van der Waals surface area contributed by atoms with Crippen LogP contribution in [0, 0.1) is 5.92 Å². The molecule has 0 aromatic heterocycles. The number of hydrogen-bond donors (Lipinski definition) is 1. The van der Waals surface area contributed by atoms with Crippen LogP contribution in [0.25, 0.3) is 0 Å². The zero-order valence-corrected chi connectivity index (χ0v) is 10.9. The number of carbonyl (C=O) groups is 1. The van der Waals surface area contributed by atoms with Crippen LogP contribution in [0.15, 0.2) is 22.7 Å². The Hall–Kier alpha value is -0.540. The molecule has 0 saturated heterocycles. The third-order valence-electron chi connectivity index (χ3n) is 3.59. The molecule has 3 aliphatic rings. The number of amides is 1. The van der Waals surface area contributed by atoms with Crippen molar-refractivity contribution in [3.8, 4) is 0 Å². The normalized spacial score (nSPS) is 30.2. The lowest BCUT2D eigenvalue weighted by Crippen LogP contribution is -2.68. The molecule has 4 heteroatoms. The average Bonchev–Trinajstić information content (AvgIpc) is 2.13. The summed E-state index contributed by atoms with van der Waals surface area (Å²) < 4.78 is 0.875. The minimum Gasteiger partial charge on any atom is -0.347 e. The van der Waals surface area contributed by atoms with Gasteiger partial charge >= 0.3 is 0 Å². The Bertz CT molecular complexity index is 457. The van der Waals surface area contributed by atoms with Gasteiger partial charge in [-0.3, -0.25) is 4.79 Å². The smallest absolute Gasteiger partial charge is 0.253 e. The SMILES string of the molecule is O=C(NC12CC(C1)C2)c1cc(Br)ccc1Cl. The van der Waals surface area contributed by atoms with Crippen molar-refractivity contribution >= 4 is 33.4 Å². The summed E-state index contributed by atoms with van der Waals surface area (Å²) in [6.07, 6.45) is 3.43. The van der Waals surface area contributed by atoms with Crippen molar-refractivity contribution in [2.45, 2.75) is 24.8 Å². The van der Waals surface area contributed by atoms with Gasteiger partial charge in [0.2, 0.25) is 0 Å². The Morgan fingerprint density at radius 2 is 2.12 bits per heavy atom. The van der Waals surface area contributed by atoms with Crippen molar-refractivity contribution in [3.05, 3.63) is 33.3 Å². The number of carbonyl (C=O) groups excluding carboxylic acids is 1. The maximum Gasteiger partial charge on any atom is 0.253 e. The predicted molar refractivity (Wildman–Crippen MR) is 66.7 cm³/mol. The summed E-state index contributed by atoms with van der Waals surface area (Å²) in [6.45, 7) is 0. The largest absolute Gasteiger partial charge is 0.347 e. The Balaban J connectivity index is 1.80. The fourth-order valence-electron chi connectivity index (χ4n) is 2.61. The van der Waals surface area contributed by atoms with E-state index < -0.39 is 0 Å². The molecule has 3 aliphatic carbocycles. The summed E-state index contributed by atoms with van der Waals surface area (Å²) in [5, 5.41) is 3.61. The van der Waals surface area contributed by atoms with Gasteiger partial charge in [-0.1, -0.05) is 27.5 Å². The van der Waals surface area contributed by atoms with E-state index in [4.69, 9.17) is 11.6 Å². The average molecular weight is 301 g/mol. The molecular weight excluding hydrogens is 289 g/mol. The van der Waals surface area contributed by atoms with Crippen molar-refractivity contribution in [2.24, 2.45) is 5.92 Å². The number of benzene rings is 1. The lowest BCUT2D eigenvalue weighted by atomic mass is 9.50. The Labute approximate surface area is 107 Å². The molecule has 0 aliphatic heterocycles. The highest BCUT2D eigenvalue weighted by molar-refractivity contribution is 9.10. The van der Waals surface area contributed by atoms with E-state index in [-0.39, 0.29) is 11.4 Å². The van der Waals surface area contributed by atoms with Gasteiger partial charge in [0.25, 0.3) is 5.91 Å². The van der Waals surface area contributed by atoms with Crippen LogP contribution in [0.4, 0.5) is 0 Å². The van der Waals surface area contributed by atoms with Crippen molar-refractivity contribution < 1.29 is 4.79 Å². The van der Waals surface area contributed by atoms with Gasteiger partial charge in [0, 0.05) is 10.0 Å². The van der Waals surface area contributed by atoms with E-state index in [1.807, 2.05) is 6.07 Å². The maximum atomic E-state index is 12.0. The van der Waals surface area contributed by atoms with Crippen LogP contribution in [0.5, 0.6) is 0 Å². The van der Waals surface area contributed by atoms with Crippen LogP contribution in [0.1, 0.15) is 29.6 Å². The molecular formula is C12H11BrClNO. The van der Waals surface area contributed by atoms with Crippen LogP contribution in [0.3, 0.4) is 0 Å².